The van der Waals surface area contributed by atoms with Crippen LogP contribution in [-0.4, -0.2) is 18.4 Å². The number of Topliss-reactive ketones (excluding diaryl/α,β-unsaturated/α-hetero) is 1. The first-order valence-electron chi connectivity index (χ1n) is 5.74. The summed E-state index contributed by atoms with van der Waals surface area (Å²) in [6.07, 6.45) is 4.58. The van der Waals surface area contributed by atoms with Crippen molar-refractivity contribution in [2.45, 2.75) is 6.92 Å². The molecule has 0 bridgehead atoms. The van der Waals surface area contributed by atoms with Crippen molar-refractivity contribution >= 4 is 17.8 Å². The molecule has 0 atom stereocenters. The van der Waals surface area contributed by atoms with Crippen molar-refractivity contribution in [3.8, 4) is 6.07 Å². The van der Waals surface area contributed by atoms with Gasteiger partial charge in [-0.2, -0.15) is 5.26 Å². The molecule has 0 aromatic heterocycles. The Morgan fingerprint density at radius 1 is 1.32 bits per heavy atom. The van der Waals surface area contributed by atoms with Crippen molar-refractivity contribution in [1.82, 2.24) is 0 Å². The SMILES string of the molecule is CCOC(=O)C(=O)/C(C#N)=C\C=C\c1ccccc1. The molecule has 0 N–H and O–H groups in total. The first kappa shape index (κ1) is 14.4. The van der Waals surface area contributed by atoms with E-state index in [0.29, 0.717) is 0 Å². The summed E-state index contributed by atoms with van der Waals surface area (Å²) in [5.41, 5.74) is 0.685. The van der Waals surface area contributed by atoms with Gasteiger partial charge in [-0.1, -0.05) is 42.5 Å². The molecule has 0 saturated carbocycles. The van der Waals surface area contributed by atoms with E-state index in [1.807, 2.05) is 30.3 Å². The van der Waals surface area contributed by atoms with E-state index in [0.717, 1.165) is 5.56 Å². The molecule has 0 saturated heterocycles. The molecule has 1 rings (SSSR count). The molecule has 19 heavy (non-hydrogen) atoms. The van der Waals surface area contributed by atoms with Crippen molar-refractivity contribution in [2.75, 3.05) is 6.61 Å². The van der Waals surface area contributed by atoms with Gasteiger partial charge in [0.1, 0.15) is 11.6 Å². The van der Waals surface area contributed by atoms with Gasteiger partial charge in [0, 0.05) is 0 Å². The van der Waals surface area contributed by atoms with Gasteiger partial charge in [-0.25, -0.2) is 4.79 Å². The highest BCUT2D eigenvalue weighted by Crippen LogP contribution is 2.03. The highest BCUT2D eigenvalue weighted by molar-refractivity contribution is 6.41. The first-order chi connectivity index (χ1) is 9.19. The van der Waals surface area contributed by atoms with Gasteiger partial charge in [0.05, 0.1) is 6.61 Å². The normalized spacial score (nSPS) is 11.1. The largest absolute Gasteiger partial charge is 0.460 e. The van der Waals surface area contributed by atoms with Crippen LogP contribution in [-0.2, 0) is 14.3 Å². The van der Waals surface area contributed by atoms with Crippen LogP contribution in [0.2, 0.25) is 0 Å². The second-order valence-electron chi connectivity index (χ2n) is 3.51. The standard InChI is InChI=1S/C15H13NO3/c1-2-19-15(18)14(17)13(11-16)10-6-9-12-7-4-3-5-8-12/h3-10H,2H2,1H3/b9-6+,13-10-. The molecular weight excluding hydrogens is 242 g/mol. The zero-order valence-corrected chi connectivity index (χ0v) is 10.5. The number of esters is 1. The molecule has 0 spiro atoms. The zero-order valence-electron chi connectivity index (χ0n) is 10.5. The van der Waals surface area contributed by atoms with Crippen molar-refractivity contribution in [3.63, 3.8) is 0 Å². The van der Waals surface area contributed by atoms with Gasteiger partial charge in [0.25, 0.3) is 5.78 Å². The maximum Gasteiger partial charge on any atom is 0.380 e. The van der Waals surface area contributed by atoms with Gasteiger partial charge in [-0.3, -0.25) is 4.79 Å². The lowest BCUT2D eigenvalue weighted by molar-refractivity contribution is -0.151. The van der Waals surface area contributed by atoms with Crippen LogP contribution in [0.4, 0.5) is 0 Å². The first-order valence-corrected chi connectivity index (χ1v) is 5.74. The fourth-order valence-corrected chi connectivity index (χ4v) is 1.29. The van der Waals surface area contributed by atoms with Crippen molar-refractivity contribution in [3.05, 3.63) is 53.6 Å². The van der Waals surface area contributed by atoms with E-state index >= 15 is 0 Å². The molecule has 0 aliphatic carbocycles. The molecular formula is C15H13NO3. The van der Waals surface area contributed by atoms with Gasteiger partial charge in [-0.15, -0.1) is 0 Å². The van der Waals surface area contributed by atoms with E-state index < -0.39 is 11.8 Å². The summed E-state index contributed by atoms with van der Waals surface area (Å²) in [6.45, 7) is 1.69. The van der Waals surface area contributed by atoms with E-state index in [4.69, 9.17) is 5.26 Å². The van der Waals surface area contributed by atoms with Gasteiger partial charge in [-0.05, 0) is 18.6 Å². The van der Waals surface area contributed by atoms with E-state index in [9.17, 15) is 9.59 Å². The van der Waals surface area contributed by atoms with Gasteiger partial charge < -0.3 is 4.74 Å². The number of nitrogens with zero attached hydrogens (tertiary/aromatic N) is 1. The summed E-state index contributed by atoms with van der Waals surface area (Å²) in [5.74, 6) is -1.94. The highest BCUT2D eigenvalue weighted by Gasteiger charge is 2.19. The van der Waals surface area contributed by atoms with Crippen LogP contribution in [0.1, 0.15) is 12.5 Å². The van der Waals surface area contributed by atoms with Crippen molar-refractivity contribution in [2.24, 2.45) is 0 Å². The second kappa shape index (κ2) is 7.62. The molecule has 4 nitrogen and oxygen atoms in total. The Morgan fingerprint density at radius 2 is 2.00 bits per heavy atom. The predicted octanol–water partition coefficient (Wildman–Crippen LogP) is 2.28. The third-order valence-corrected chi connectivity index (χ3v) is 2.18. The average molecular weight is 255 g/mol. The van der Waals surface area contributed by atoms with Crippen molar-refractivity contribution in [1.29, 1.82) is 5.26 Å². The number of nitriles is 1. The maximum absolute atomic E-state index is 11.5. The number of carbonyl (C=O) groups is 2. The summed E-state index contributed by atoms with van der Waals surface area (Å²) in [5, 5.41) is 8.83. The van der Waals surface area contributed by atoms with Crippen LogP contribution in [0.15, 0.2) is 48.1 Å². The Labute approximate surface area is 111 Å². The predicted molar refractivity (Wildman–Crippen MR) is 70.8 cm³/mol. The average Bonchev–Trinajstić information content (AvgIpc) is 2.44. The topological polar surface area (TPSA) is 67.2 Å². The number of hydrogen-bond donors (Lipinski definition) is 0. The second-order valence-corrected chi connectivity index (χ2v) is 3.51. The summed E-state index contributed by atoms with van der Waals surface area (Å²) in [7, 11) is 0. The Balaban J connectivity index is 2.78. The lowest BCUT2D eigenvalue weighted by atomic mass is 10.1. The maximum atomic E-state index is 11.5. The van der Waals surface area contributed by atoms with E-state index in [1.165, 1.54) is 6.08 Å². The van der Waals surface area contributed by atoms with E-state index in [2.05, 4.69) is 4.74 Å². The summed E-state index contributed by atoms with van der Waals surface area (Å²) in [6, 6.07) is 11.1. The number of ketones is 1. The monoisotopic (exact) mass is 255 g/mol. The van der Waals surface area contributed by atoms with Crippen LogP contribution in [0.25, 0.3) is 6.08 Å². The molecule has 1 aromatic rings. The lowest BCUT2D eigenvalue weighted by Gasteiger charge is -1.98. The minimum Gasteiger partial charge on any atom is -0.460 e. The summed E-state index contributed by atoms with van der Waals surface area (Å²) < 4.78 is 4.55. The number of hydrogen-bond acceptors (Lipinski definition) is 4. The minimum absolute atomic E-state index is 0.100. The molecule has 0 radical (unpaired) electrons. The Hall–Kier alpha value is -2.67. The third kappa shape index (κ3) is 4.60. The van der Waals surface area contributed by atoms with E-state index in [-0.39, 0.29) is 12.2 Å². The molecule has 0 aliphatic heterocycles. The lowest BCUT2D eigenvalue weighted by Crippen LogP contribution is -2.18. The third-order valence-electron chi connectivity index (χ3n) is 2.18. The van der Waals surface area contributed by atoms with Crippen LogP contribution < -0.4 is 0 Å². The highest BCUT2D eigenvalue weighted by atomic mass is 16.5. The fourth-order valence-electron chi connectivity index (χ4n) is 1.29. The van der Waals surface area contributed by atoms with Crippen LogP contribution in [0, 0.1) is 11.3 Å². The number of carbonyl (C=O) groups excluding carboxylic acids is 2. The Bertz CT molecular complexity index is 551. The van der Waals surface area contributed by atoms with Crippen molar-refractivity contribution < 1.29 is 14.3 Å². The number of allylic oxidation sites excluding steroid dienone is 2. The fraction of sp³-hybridized carbons (Fsp3) is 0.133. The number of rotatable bonds is 5. The van der Waals surface area contributed by atoms with Gasteiger partial charge >= 0.3 is 5.97 Å². The van der Waals surface area contributed by atoms with Gasteiger partial charge in [0.15, 0.2) is 0 Å². The summed E-state index contributed by atoms with van der Waals surface area (Å²) >= 11 is 0. The molecule has 1 aromatic carbocycles. The molecule has 0 amide bonds. The Morgan fingerprint density at radius 3 is 2.58 bits per heavy atom. The molecule has 96 valence electrons. The van der Waals surface area contributed by atoms with Gasteiger partial charge in [0.2, 0.25) is 0 Å². The smallest absolute Gasteiger partial charge is 0.380 e. The molecule has 0 aliphatic rings. The minimum atomic E-state index is -1.01. The molecule has 4 heteroatoms. The molecule has 0 fully saturated rings. The van der Waals surface area contributed by atoms with E-state index in [1.54, 1.807) is 25.1 Å². The van der Waals surface area contributed by atoms with Crippen LogP contribution >= 0.6 is 0 Å². The molecule has 0 unspecified atom stereocenters. The number of benzene rings is 1. The molecule has 0 heterocycles. The number of ether oxygens (including phenoxy) is 1. The van der Waals surface area contributed by atoms with Crippen LogP contribution in [0.3, 0.4) is 0 Å². The summed E-state index contributed by atoms with van der Waals surface area (Å²) in [4.78, 5) is 22.7. The Kier molecular flexibility index (Phi) is 5.77. The van der Waals surface area contributed by atoms with Crippen LogP contribution in [0.5, 0.6) is 0 Å². The quantitative estimate of drug-likeness (QED) is 0.266. The zero-order chi connectivity index (χ0) is 14.1.